The maximum absolute atomic E-state index is 5.44. The summed E-state index contributed by atoms with van der Waals surface area (Å²) in [5.41, 5.74) is 0. The van der Waals surface area contributed by atoms with Crippen molar-refractivity contribution in [2.24, 2.45) is 0 Å². The summed E-state index contributed by atoms with van der Waals surface area (Å²) >= 11 is 0. The van der Waals surface area contributed by atoms with Crippen molar-refractivity contribution in [3.8, 4) is 0 Å². The summed E-state index contributed by atoms with van der Waals surface area (Å²) in [5, 5.41) is 7.69. The van der Waals surface area contributed by atoms with Crippen molar-refractivity contribution in [1.29, 1.82) is 0 Å². The van der Waals surface area contributed by atoms with Crippen LogP contribution in [0.5, 0.6) is 0 Å². The van der Waals surface area contributed by atoms with E-state index in [1.54, 1.807) is 0 Å². The van der Waals surface area contributed by atoms with Gasteiger partial charge in [0.15, 0.2) is 5.82 Å². The first-order valence-corrected chi connectivity index (χ1v) is 7.89. The Morgan fingerprint density at radius 1 is 1.26 bits per heavy atom. The minimum atomic E-state index is 0.467. The molecule has 1 atom stereocenters. The molecule has 0 bridgehead atoms. The van der Waals surface area contributed by atoms with E-state index in [1.807, 2.05) is 0 Å². The van der Waals surface area contributed by atoms with Gasteiger partial charge in [0, 0.05) is 18.4 Å². The van der Waals surface area contributed by atoms with E-state index in [1.165, 1.54) is 38.5 Å². The molecule has 0 amide bonds. The van der Waals surface area contributed by atoms with Crippen molar-refractivity contribution in [3.63, 3.8) is 0 Å². The van der Waals surface area contributed by atoms with Crippen molar-refractivity contribution < 1.29 is 4.52 Å². The molecule has 19 heavy (non-hydrogen) atoms. The van der Waals surface area contributed by atoms with Crippen LogP contribution in [0.15, 0.2) is 4.52 Å². The zero-order valence-electron chi connectivity index (χ0n) is 12.3. The summed E-state index contributed by atoms with van der Waals surface area (Å²) in [7, 11) is 0. The molecule has 0 aliphatic heterocycles. The highest BCUT2D eigenvalue weighted by Crippen LogP contribution is 2.30. The van der Waals surface area contributed by atoms with Crippen molar-refractivity contribution in [2.75, 3.05) is 6.54 Å². The Bertz CT molecular complexity index is 352. The highest BCUT2D eigenvalue weighted by molar-refractivity contribution is 4.98. The average Bonchev–Trinajstić information content (AvgIpc) is 2.89. The molecule has 1 fully saturated rings. The van der Waals surface area contributed by atoms with Gasteiger partial charge in [0.1, 0.15) is 0 Å². The fourth-order valence-corrected chi connectivity index (χ4v) is 3.00. The molecular formula is C15H27N3O. The lowest BCUT2D eigenvalue weighted by atomic mass is 9.89. The minimum absolute atomic E-state index is 0.467. The van der Waals surface area contributed by atoms with Gasteiger partial charge in [-0.25, -0.2) is 0 Å². The van der Waals surface area contributed by atoms with Gasteiger partial charge in [0.05, 0.1) is 0 Å². The van der Waals surface area contributed by atoms with Crippen LogP contribution in [-0.2, 0) is 6.42 Å². The summed E-state index contributed by atoms with van der Waals surface area (Å²) in [5.74, 6) is 2.29. The topological polar surface area (TPSA) is 51.0 Å². The molecule has 0 saturated heterocycles. The van der Waals surface area contributed by atoms with Crippen LogP contribution in [-0.4, -0.2) is 22.7 Å². The van der Waals surface area contributed by atoms with Gasteiger partial charge in [-0.2, -0.15) is 4.98 Å². The molecule has 0 radical (unpaired) electrons. The van der Waals surface area contributed by atoms with Crippen molar-refractivity contribution in [3.05, 3.63) is 11.7 Å². The van der Waals surface area contributed by atoms with Gasteiger partial charge in [0.25, 0.3) is 0 Å². The highest BCUT2D eigenvalue weighted by atomic mass is 16.5. The predicted molar refractivity (Wildman–Crippen MR) is 76.2 cm³/mol. The molecule has 1 N–H and O–H groups in total. The molecular weight excluding hydrogens is 238 g/mol. The van der Waals surface area contributed by atoms with Crippen molar-refractivity contribution >= 4 is 0 Å². The number of nitrogens with zero attached hydrogens (tertiary/aromatic N) is 2. The molecule has 1 aliphatic rings. The van der Waals surface area contributed by atoms with Crippen LogP contribution >= 0.6 is 0 Å². The quantitative estimate of drug-likeness (QED) is 0.820. The van der Waals surface area contributed by atoms with E-state index >= 15 is 0 Å². The average molecular weight is 265 g/mol. The molecule has 1 heterocycles. The number of hydrogen-bond donors (Lipinski definition) is 1. The molecule has 0 aromatic carbocycles. The molecule has 1 aliphatic carbocycles. The molecule has 1 saturated carbocycles. The summed E-state index contributed by atoms with van der Waals surface area (Å²) in [4.78, 5) is 4.62. The van der Waals surface area contributed by atoms with Gasteiger partial charge in [-0.15, -0.1) is 0 Å². The van der Waals surface area contributed by atoms with E-state index in [0.29, 0.717) is 12.0 Å². The lowest BCUT2D eigenvalue weighted by Crippen LogP contribution is -2.30. The molecule has 1 unspecified atom stereocenters. The number of likely N-dealkylation sites (N-methyl/N-ethyl adjacent to an activating group) is 1. The fraction of sp³-hybridized carbons (Fsp3) is 0.867. The Balaban J connectivity index is 1.91. The lowest BCUT2D eigenvalue weighted by Gasteiger charge is -2.17. The van der Waals surface area contributed by atoms with Crippen LogP contribution in [0.4, 0.5) is 0 Å². The molecule has 1 aromatic heterocycles. The van der Waals surface area contributed by atoms with Gasteiger partial charge >= 0.3 is 0 Å². The third kappa shape index (κ3) is 4.30. The third-order valence-corrected chi connectivity index (χ3v) is 4.01. The van der Waals surface area contributed by atoms with Gasteiger partial charge in [-0.1, -0.05) is 44.7 Å². The lowest BCUT2D eigenvalue weighted by molar-refractivity contribution is 0.340. The van der Waals surface area contributed by atoms with Gasteiger partial charge in [0.2, 0.25) is 5.89 Å². The van der Waals surface area contributed by atoms with Crippen LogP contribution in [0.2, 0.25) is 0 Å². The third-order valence-electron chi connectivity index (χ3n) is 4.01. The highest BCUT2D eigenvalue weighted by Gasteiger charge is 2.21. The molecule has 4 heteroatoms. The van der Waals surface area contributed by atoms with Gasteiger partial charge < -0.3 is 9.84 Å². The van der Waals surface area contributed by atoms with E-state index in [4.69, 9.17) is 4.52 Å². The van der Waals surface area contributed by atoms with E-state index in [2.05, 4.69) is 29.3 Å². The normalized spacial score (nSPS) is 18.6. The van der Waals surface area contributed by atoms with Crippen molar-refractivity contribution in [1.82, 2.24) is 15.5 Å². The summed E-state index contributed by atoms with van der Waals surface area (Å²) in [6.45, 7) is 5.35. The zero-order chi connectivity index (χ0) is 13.5. The van der Waals surface area contributed by atoms with E-state index in [-0.39, 0.29) is 0 Å². The first-order chi connectivity index (χ1) is 9.33. The van der Waals surface area contributed by atoms with Gasteiger partial charge in [-0.05, 0) is 25.8 Å². The summed E-state index contributed by atoms with van der Waals surface area (Å²) < 4.78 is 5.44. The van der Waals surface area contributed by atoms with Crippen LogP contribution in [0.1, 0.15) is 76.4 Å². The Hall–Kier alpha value is -0.900. The van der Waals surface area contributed by atoms with Crippen molar-refractivity contribution in [2.45, 2.75) is 77.2 Å². The Kier molecular flexibility index (Phi) is 5.83. The Morgan fingerprint density at radius 3 is 2.74 bits per heavy atom. The fourth-order valence-electron chi connectivity index (χ4n) is 3.00. The summed E-state index contributed by atoms with van der Waals surface area (Å²) in [6, 6.07) is 0.467. The summed E-state index contributed by atoms with van der Waals surface area (Å²) in [6.07, 6.45) is 9.64. The number of rotatable bonds is 7. The maximum Gasteiger partial charge on any atom is 0.228 e. The predicted octanol–water partition coefficient (Wildman–Crippen LogP) is 3.44. The standard InChI is InChI=1S/C15H27N3O/c1-3-8-13(16-4-2)11-14-17-15(18-19-14)12-9-6-5-7-10-12/h12-13,16H,3-11H2,1-2H3. The second kappa shape index (κ2) is 7.63. The first-order valence-electron chi connectivity index (χ1n) is 7.89. The van der Waals surface area contributed by atoms with Gasteiger partial charge in [-0.3, -0.25) is 0 Å². The second-order valence-corrected chi connectivity index (χ2v) is 5.63. The number of nitrogens with one attached hydrogen (secondary N) is 1. The van der Waals surface area contributed by atoms with Crippen LogP contribution in [0.3, 0.4) is 0 Å². The van der Waals surface area contributed by atoms with E-state index in [9.17, 15) is 0 Å². The Labute approximate surface area is 116 Å². The minimum Gasteiger partial charge on any atom is -0.339 e. The van der Waals surface area contributed by atoms with E-state index < -0.39 is 0 Å². The largest absolute Gasteiger partial charge is 0.339 e. The number of hydrogen-bond acceptors (Lipinski definition) is 4. The van der Waals surface area contributed by atoms with Crippen LogP contribution in [0.25, 0.3) is 0 Å². The smallest absolute Gasteiger partial charge is 0.228 e. The zero-order valence-corrected chi connectivity index (χ0v) is 12.3. The molecule has 4 nitrogen and oxygen atoms in total. The molecule has 0 spiro atoms. The number of aromatic nitrogens is 2. The van der Waals surface area contributed by atoms with E-state index in [0.717, 1.165) is 31.1 Å². The second-order valence-electron chi connectivity index (χ2n) is 5.63. The molecule has 1 aromatic rings. The first kappa shape index (κ1) is 14.5. The molecule has 2 rings (SSSR count). The monoisotopic (exact) mass is 265 g/mol. The molecule has 108 valence electrons. The SMILES string of the molecule is CCCC(Cc1nc(C2CCCCC2)no1)NCC. The Morgan fingerprint density at radius 2 is 2.05 bits per heavy atom. The van der Waals surface area contributed by atoms with Crippen LogP contribution < -0.4 is 5.32 Å². The van der Waals surface area contributed by atoms with Crippen LogP contribution in [0, 0.1) is 0 Å². The maximum atomic E-state index is 5.44.